The molecule has 2 aromatic rings. The normalized spacial score (nSPS) is 15.2. The minimum atomic E-state index is 0. The van der Waals surface area contributed by atoms with E-state index in [-0.39, 0.29) is 24.0 Å². The van der Waals surface area contributed by atoms with Crippen LogP contribution >= 0.6 is 24.0 Å². The van der Waals surface area contributed by atoms with Crippen molar-refractivity contribution < 1.29 is 0 Å². The van der Waals surface area contributed by atoms with E-state index in [1.165, 1.54) is 43.5 Å². The van der Waals surface area contributed by atoms with Gasteiger partial charge in [0.2, 0.25) is 0 Å². The van der Waals surface area contributed by atoms with E-state index in [0.717, 1.165) is 32.1 Å². The Bertz CT molecular complexity index is 662. The minimum Gasteiger partial charge on any atom is -0.355 e. The third kappa shape index (κ3) is 7.50. The summed E-state index contributed by atoms with van der Waals surface area (Å²) >= 11 is 0. The Kier molecular flexibility index (Phi) is 9.61. The Morgan fingerprint density at radius 2 is 1.81 bits per heavy atom. The van der Waals surface area contributed by atoms with Crippen molar-refractivity contribution in [2.75, 3.05) is 26.7 Å². The van der Waals surface area contributed by atoms with Gasteiger partial charge in [-0.3, -0.25) is 14.6 Å². The standard InChI is InChI=1S/C20H30N6.HI/c1-21-20(22-11-15-26-14-5-10-24-26)23-16-18-6-8-19(9-7-18)17-25-12-3-2-4-13-25;/h5-10,14H,2-4,11-13,15-17H2,1H3,(H2,21,22,23);1H. The number of aromatic nitrogens is 2. The Labute approximate surface area is 179 Å². The van der Waals surface area contributed by atoms with E-state index in [0.29, 0.717) is 0 Å². The second-order valence-electron chi connectivity index (χ2n) is 6.77. The number of nitrogens with zero attached hydrogens (tertiary/aromatic N) is 4. The number of halogens is 1. The Morgan fingerprint density at radius 3 is 2.48 bits per heavy atom. The Hall–Kier alpha value is -1.61. The lowest BCUT2D eigenvalue weighted by molar-refractivity contribution is 0.221. The topological polar surface area (TPSA) is 57.5 Å². The predicted octanol–water partition coefficient (Wildman–Crippen LogP) is 2.85. The first-order chi connectivity index (χ1) is 12.8. The SMILES string of the molecule is CN=C(NCCn1cccn1)NCc1ccc(CN2CCCCC2)cc1.I. The van der Waals surface area contributed by atoms with E-state index >= 15 is 0 Å². The van der Waals surface area contributed by atoms with Crippen LogP contribution in [0.15, 0.2) is 47.7 Å². The van der Waals surface area contributed by atoms with E-state index in [1.54, 1.807) is 13.2 Å². The lowest BCUT2D eigenvalue weighted by Crippen LogP contribution is -2.38. The number of rotatable bonds is 7. The summed E-state index contributed by atoms with van der Waals surface area (Å²) in [5.41, 5.74) is 2.67. The van der Waals surface area contributed by atoms with Crippen LogP contribution in [-0.2, 0) is 19.6 Å². The first kappa shape index (κ1) is 21.7. The molecule has 1 aromatic carbocycles. The number of nitrogens with one attached hydrogen (secondary N) is 2. The lowest BCUT2D eigenvalue weighted by atomic mass is 10.1. The van der Waals surface area contributed by atoms with Crippen LogP contribution in [0.3, 0.4) is 0 Å². The number of hydrogen-bond acceptors (Lipinski definition) is 3. The van der Waals surface area contributed by atoms with Gasteiger partial charge in [-0.1, -0.05) is 30.7 Å². The molecule has 0 aliphatic carbocycles. The monoisotopic (exact) mass is 482 g/mol. The summed E-state index contributed by atoms with van der Waals surface area (Å²) in [6, 6.07) is 10.9. The number of piperidine rings is 1. The molecule has 0 unspecified atom stereocenters. The van der Waals surface area contributed by atoms with Gasteiger partial charge in [-0.25, -0.2) is 0 Å². The summed E-state index contributed by atoms with van der Waals surface area (Å²) < 4.78 is 1.90. The molecule has 1 fully saturated rings. The highest BCUT2D eigenvalue weighted by Crippen LogP contribution is 2.13. The highest BCUT2D eigenvalue weighted by molar-refractivity contribution is 14.0. The van der Waals surface area contributed by atoms with Crippen molar-refractivity contribution in [2.24, 2.45) is 4.99 Å². The number of aliphatic imine (C=N–C) groups is 1. The van der Waals surface area contributed by atoms with Crippen LogP contribution in [0.25, 0.3) is 0 Å². The fourth-order valence-electron chi connectivity index (χ4n) is 3.27. The highest BCUT2D eigenvalue weighted by Gasteiger charge is 2.10. The zero-order valence-electron chi connectivity index (χ0n) is 16.1. The van der Waals surface area contributed by atoms with Gasteiger partial charge in [0.15, 0.2) is 5.96 Å². The van der Waals surface area contributed by atoms with E-state index in [2.05, 4.69) is 49.9 Å². The maximum Gasteiger partial charge on any atom is 0.191 e. The van der Waals surface area contributed by atoms with Crippen molar-refractivity contribution in [1.29, 1.82) is 0 Å². The van der Waals surface area contributed by atoms with Crippen LogP contribution in [0.2, 0.25) is 0 Å². The smallest absolute Gasteiger partial charge is 0.191 e. The summed E-state index contributed by atoms with van der Waals surface area (Å²) in [4.78, 5) is 6.83. The van der Waals surface area contributed by atoms with Crippen LogP contribution in [0.1, 0.15) is 30.4 Å². The minimum absolute atomic E-state index is 0. The molecule has 148 valence electrons. The van der Waals surface area contributed by atoms with Gasteiger partial charge in [0.05, 0.1) is 6.54 Å². The van der Waals surface area contributed by atoms with Crippen molar-refractivity contribution >= 4 is 29.9 Å². The quantitative estimate of drug-likeness (QED) is 0.362. The fraction of sp³-hybridized carbons (Fsp3) is 0.500. The molecule has 0 atom stereocenters. The molecular weight excluding hydrogens is 451 g/mol. The van der Waals surface area contributed by atoms with Crippen LogP contribution in [0, 0.1) is 0 Å². The molecule has 0 saturated carbocycles. The van der Waals surface area contributed by atoms with E-state index in [9.17, 15) is 0 Å². The molecule has 0 amide bonds. The van der Waals surface area contributed by atoms with Crippen molar-refractivity contribution in [2.45, 2.75) is 38.9 Å². The molecule has 3 rings (SSSR count). The largest absolute Gasteiger partial charge is 0.355 e. The summed E-state index contributed by atoms with van der Waals surface area (Å²) in [5.74, 6) is 0.814. The zero-order chi connectivity index (χ0) is 18.0. The van der Waals surface area contributed by atoms with E-state index in [4.69, 9.17) is 0 Å². The van der Waals surface area contributed by atoms with Crippen molar-refractivity contribution in [3.05, 3.63) is 53.9 Å². The summed E-state index contributed by atoms with van der Waals surface area (Å²) in [6.07, 6.45) is 7.83. The molecule has 0 bridgehead atoms. The number of guanidine groups is 1. The number of hydrogen-bond donors (Lipinski definition) is 2. The molecule has 6 nitrogen and oxygen atoms in total. The first-order valence-electron chi connectivity index (χ1n) is 9.55. The van der Waals surface area contributed by atoms with Crippen molar-refractivity contribution in [3.63, 3.8) is 0 Å². The number of benzene rings is 1. The lowest BCUT2D eigenvalue weighted by Gasteiger charge is -2.26. The first-order valence-corrected chi connectivity index (χ1v) is 9.55. The Morgan fingerprint density at radius 1 is 1.07 bits per heavy atom. The van der Waals surface area contributed by atoms with Gasteiger partial charge in [0.1, 0.15) is 0 Å². The van der Waals surface area contributed by atoms with Crippen LogP contribution < -0.4 is 10.6 Å². The van der Waals surface area contributed by atoms with Gasteiger partial charge in [-0.2, -0.15) is 5.10 Å². The molecule has 2 N–H and O–H groups in total. The molecule has 27 heavy (non-hydrogen) atoms. The fourth-order valence-corrected chi connectivity index (χ4v) is 3.27. The second-order valence-corrected chi connectivity index (χ2v) is 6.77. The molecule has 7 heteroatoms. The van der Waals surface area contributed by atoms with Crippen LogP contribution in [0.5, 0.6) is 0 Å². The number of likely N-dealkylation sites (tertiary alicyclic amines) is 1. The zero-order valence-corrected chi connectivity index (χ0v) is 18.4. The molecular formula is C20H31IN6. The maximum atomic E-state index is 4.27. The molecule has 2 heterocycles. The van der Waals surface area contributed by atoms with Gasteiger partial charge in [0, 0.05) is 39.1 Å². The van der Waals surface area contributed by atoms with Crippen LogP contribution in [-0.4, -0.2) is 47.3 Å². The van der Waals surface area contributed by atoms with Gasteiger partial charge < -0.3 is 10.6 Å². The van der Waals surface area contributed by atoms with Gasteiger partial charge in [-0.15, -0.1) is 24.0 Å². The molecule has 1 aliphatic heterocycles. The van der Waals surface area contributed by atoms with Gasteiger partial charge in [-0.05, 0) is 43.1 Å². The van der Waals surface area contributed by atoms with Crippen LogP contribution in [0.4, 0.5) is 0 Å². The third-order valence-electron chi connectivity index (χ3n) is 4.75. The van der Waals surface area contributed by atoms with Crippen molar-refractivity contribution in [1.82, 2.24) is 25.3 Å². The predicted molar refractivity (Wildman–Crippen MR) is 121 cm³/mol. The molecule has 0 spiro atoms. The summed E-state index contributed by atoms with van der Waals surface area (Å²) in [6.45, 7) is 5.93. The third-order valence-corrected chi connectivity index (χ3v) is 4.75. The van der Waals surface area contributed by atoms with E-state index in [1.807, 2.05) is 16.9 Å². The van der Waals surface area contributed by atoms with E-state index < -0.39 is 0 Å². The highest BCUT2D eigenvalue weighted by atomic mass is 127. The van der Waals surface area contributed by atoms with Crippen molar-refractivity contribution in [3.8, 4) is 0 Å². The summed E-state index contributed by atoms with van der Waals surface area (Å²) in [5, 5.41) is 10.9. The molecule has 1 aliphatic rings. The molecule has 1 saturated heterocycles. The average molecular weight is 482 g/mol. The summed E-state index contributed by atoms with van der Waals surface area (Å²) in [7, 11) is 1.80. The average Bonchev–Trinajstić information content (AvgIpc) is 3.20. The Balaban J connectivity index is 0.00000261. The van der Waals surface area contributed by atoms with Gasteiger partial charge in [0.25, 0.3) is 0 Å². The maximum absolute atomic E-state index is 4.27. The second kappa shape index (κ2) is 12.0. The molecule has 0 radical (unpaired) electrons. The molecule has 1 aromatic heterocycles. The van der Waals surface area contributed by atoms with Gasteiger partial charge >= 0.3 is 0 Å².